The van der Waals surface area contributed by atoms with Gasteiger partial charge in [0.15, 0.2) is 0 Å². The number of carboxylic acids is 1. The van der Waals surface area contributed by atoms with E-state index >= 15 is 0 Å². The van der Waals surface area contributed by atoms with Gasteiger partial charge in [-0.3, -0.25) is 4.79 Å². The fourth-order valence-corrected chi connectivity index (χ4v) is 0.0781. The van der Waals surface area contributed by atoms with Gasteiger partial charge in [0.2, 0.25) is 0 Å². The van der Waals surface area contributed by atoms with E-state index in [-0.39, 0.29) is 15.9 Å². The molecule has 0 fully saturated rings. The number of aliphatic carboxylic acids is 1. The first-order valence-corrected chi connectivity index (χ1v) is 6.02. The van der Waals surface area contributed by atoms with Gasteiger partial charge in [0.1, 0.15) is 6.04 Å². The number of carboxylic acid groups (broad SMARTS) is 1. The summed E-state index contributed by atoms with van der Waals surface area (Å²) in [6, 6.07) is -1.13. The molecule has 0 aliphatic carbocycles. The Morgan fingerprint density at radius 3 is 2.00 bits per heavy atom. The Balaban J connectivity index is 0. The SMILES string of the molecule is NC(CO)C(=O)O.[Cl][Pd][Cl]. The van der Waals surface area contributed by atoms with Crippen molar-refractivity contribution in [1.29, 1.82) is 0 Å². The summed E-state index contributed by atoms with van der Waals surface area (Å²) in [4.78, 5) is 9.65. The van der Waals surface area contributed by atoms with Crippen LogP contribution in [0.3, 0.4) is 0 Å². The van der Waals surface area contributed by atoms with E-state index in [0.717, 1.165) is 0 Å². The molecule has 0 bridgehead atoms. The third-order valence-corrected chi connectivity index (χ3v) is 0.514. The summed E-state index contributed by atoms with van der Waals surface area (Å²) in [6.07, 6.45) is 0. The van der Waals surface area contributed by atoms with Crippen molar-refractivity contribution in [1.82, 2.24) is 0 Å². The molecule has 10 heavy (non-hydrogen) atoms. The summed E-state index contributed by atoms with van der Waals surface area (Å²) < 4.78 is 0. The molecule has 0 aromatic heterocycles. The first kappa shape index (κ1) is 13.2. The van der Waals surface area contributed by atoms with Crippen molar-refractivity contribution >= 4 is 25.0 Å². The zero-order chi connectivity index (χ0) is 8.57. The maximum atomic E-state index is 9.65. The molecule has 0 saturated heterocycles. The summed E-state index contributed by atoms with van der Waals surface area (Å²) in [5.41, 5.74) is 4.77. The quantitative estimate of drug-likeness (QED) is 0.611. The molecule has 0 spiro atoms. The van der Waals surface area contributed by atoms with Crippen LogP contribution in [0.4, 0.5) is 0 Å². The predicted molar refractivity (Wildman–Crippen MR) is 34.4 cm³/mol. The van der Waals surface area contributed by atoms with Crippen molar-refractivity contribution in [2.75, 3.05) is 6.61 Å². The first-order valence-electron chi connectivity index (χ1n) is 2.01. The third-order valence-electron chi connectivity index (χ3n) is 0.514. The van der Waals surface area contributed by atoms with Crippen LogP contribution in [0.1, 0.15) is 0 Å². The van der Waals surface area contributed by atoms with Gasteiger partial charge in [-0.05, 0) is 0 Å². The molecule has 0 saturated carbocycles. The second kappa shape index (κ2) is 9.63. The Morgan fingerprint density at radius 2 is 2.00 bits per heavy atom. The zero-order valence-electron chi connectivity index (χ0n) is 4.74. The van der Waals surface area contributed by atoms with E-state index in [2.05, 4.69) is 0 Å². The predicted octanol–water partition coefficient (Wildman–Crippen LogP) is -0.233. The van der Waals surface area contributed by atoms with Gasteiger partial charge >= 0.3 is 41.0 Å². The van der Waals surface area contributed by atoms with Gasteiger partial charge in [-0.15, -0.1) is 0 Å². The molecule has 0 aliphatic heterocycles. The minimum absolute atomic E-state index is 0.106. The molecule has 0 rings (SSSR count). The fourth-order valence-electron chi connectivity index (χ4n) is 0.0781. The second-order valence-corrected chi connectivity index (χ2v) is 3.53. The van der Waals surface area contributed by atoms with Crippen molar-refractivity contribution < 1.29 is 30.9 Å². The molecule has 0 heterocycles. The van der Waals surface area contributed by atoms with E-state index in [4.69, 9.17) is 35.0 Å². The van der Waals surface area contributed by atoms with Gasteiger partial charge in [-0.25, -0.2) is 0 Å². The van der Waals surface area contributed by atoms with Crippen LogP contribution in [-0.4, -0.2) is 28.8 Å². The molecule has 4 N–H and O–H groups in total. The molecule has 66 valence electrons. The van der Waals surface area contributed by atoms with Crippen molar-refractivity contribution in [2.24, 2.45) is 5.73 Å². The summed E-state index contributed by atoms with van der Waals surface area (Å²) in [7, 11) is 9.63. The number of aliphatic hydroxyl groups excluding tert-OH is 1. The average Bonchev–Trinajstić information content (AvgIpc) is 1.88. The topological polar surface area (TPSA) is 83.5 Å². The molecule has 7 heteroatoms. The fraction of sp³-hybridized carbons (Fsp3) is 0.667. The van der Waals surface area contributed by atoms with E-state index in [1.807, 2.05) is 0 Å². The Kier molecular flexibility index (Phi) is 12.8. The number of halogens is 2. The first-order chi connectivity index (χ1) is 4.59. The number of aliphatic hydroxyl groups is 1. The number of rotatable bonds is 2. The van der Waals surface area contributed by atoms with E-state index in [1.54, 1.807) is 0 Å². The van der Waals surface area contributed by atoms with Crippen LogP contribution in [0.2, 0.25) is 0 Å². The molecule has 0 aliphatic rings. The van der Waals surface area contributed by atoms with Crippen molar-refractivity contribution in [3.63, 3.8) is 0 Å². The maximum absolute atomic E-state index is 9.65. The average molecular weight is 282 g/mol. The Bertz CT molecular complexity index is 93.8. The van der Waals surface area contributed by atoms with Gasteiger partial charge in [-0.2, -0.15) is 0 Å². The minimum atomic E-state index is -1.18. The van der Waals surface area contributed by atoms with Gasteiger partial charge < -0.3 is 15.9 Å². The normalized spacial score (nSPS) is 11.6. The summed E-state index contributed by atoms with van der Waals surface area (Å²) >= 11 is -0.106. The standard InChI is InChI=1S/C3H7NO3.2ClH.Pd/c4-2(1-5)3(6)7;;;/h2,5H,1,4H2,(H,6,7);2*1H;/q;;;+2/p-2. The Hall–Kier alpha value is 0.632. The van der Waals surface area contributed by atoms with Crippen LogP contribution in [0.5, 0.6) is 0 Å². The van der Waals surface area contributed by atoms with Gasteiger partial charge in [0.25, 0.3) is 0 Å². The third kappa shape index (κ3) is 11.4. The van der Waals surface area contributed by atoms with Gasteiger partial charge in [0, 0.05) is 0 Å². The number of nitrogens with two attached hydrogens (primary N) is 1. The van der Waals surface area contributed by atoms with E-state index < -0.39 is 18.6 Å². The van der Waals surface area contributed by atoms with Crippen LogP contribution in [0.25, 0.3) is 0 Å². The van der Waals surface area contributed by atoms with Crippen LogP contribution >= 0.6 is 19.1 Å². The zero-order valence-corrected chi connectivity index (χ0v) is 7.80. The monoisotopic (exact) mass is 281 g/mol. The number of hydrogen-bond acceptors (Lipinski definition) is 3. The molecule has 0 radical (unpaired) electrons. The van der Waals surface area contributed by atoms with E-state index in [1.165, 1.54) is 0 Å². The summed E-state index contributed by atoms with van der Waals surface area (Å²) in [5, 5.41) is 15.9. The van der Waals surface area contributed by atoms with Crippen molar-refractivity contribution in [3.8, 4) is 0 Å². The van der Waals surface area contributed by atoms with Crippen LogP contribution in [0, 0.1) is 0 Å². The summed E-state index contributed by atoms with van der Waals surface area (Å²) in [5.74, 6) is -1.18. The molecule has 0 amide bonds. The van der Waals surface area contributed by atoms with Gasteiger partial charge in [0.05, 0.1) is 6.61 Å². The second-order valence-electron chi connectivity index (χ2n) is 1.17. The van der Waals surface area contributed by atoms with Gasteiger partial charge in [-0.1, -0.05) is 0 Å². The molecular weight excluding hydrogens is 275 g/mol. The number of hydrogen-bond donors (Lipinski definition) is 3. The van der Waals surface area contributed by atoms with Crippen LogP contribution < -0.4 is 5.73 Å². The van der Waals surface area contributed by atoms with Crippen molar-refractivity contribution in [3.05, 3.63) is 0 Å². The molecule has 1 unspecified atom stereocenters. The molecular formula is C3H7Cl2NO3Pd. The Morgan fingerprint density at radius 1 is 1.70 bits per heavy atom. The molecule has 0 aromatic carbocycles. The molecule has 1 atom stereocenters. The van der Waals surface area contributed by atoms with Crippen LogP contribution in [-0.2, 0) is 20.7 Å². The van der Waals surface area contributed by atoms with Crippen molar-refractivity contribution in [2.45, 2.75) is 6.04 Å². The molecule has 4 nitrogen and oxygen atoms in total. The molecule has 0 aromatic rings. The van der Waals surface area contributed by atoms with E-state index in [0.29, 0.717) is 0 Å². The summed E-state index contributed by atoms with van der Waals surface area (Å²) in [6.45, 7) is -0.505. The Labute approximate surface area is 74.4 Å². The van der Waals surface area contributed by atoms with E-state index in [9.17, 15) is 4.79 Å². The number of carbonyl (C=O) groups is 1. The van der Waals surface area contributed by atoms with Crippen LogP contribution in [0.15, 0.2) is 0 Å².